The van der Waals surface area contributed by atoms with Crippen LogP contribution in [0.2, 0.25) is 0 Å². The number of hydrogen-bond acceptors (Lipinski definition) is 5. The van der Waals surface area contributed by atoms with Crippen molar-refractivity contribution >= 4 is 17.6 Å². The number of carbonyl (C=O) groups is 2. The van der Waals surface area contributed by atoms with E-state index in [2.05, 4.69) is 10.3 Å². The minimum Gasteiger partial charge on any atom is -0.489 e. The lowest BCUT2D eigenvalue weighted by molar-refractivity contribution is 0.0681. The normalized spacial score (nSPS) is 16.3. The zero-order valence-electron chi connectivity index (χ0n) is 14.4. The highest BCUT2D eigenvalue weighted by molar-refractivity contribution is 6.04. The van der Waals surface area contributed by atoms with Gasteiger partial charge in [0.05, 0.1) is 11.8 Å². The molecule has 2 heterocycles. The van der Waals surface area contributed by atoms with Crippen LogP contribution in [-0.4, -0.2) is 41.3 Å². The maximum atomic E-state index is 12.4. The molecule has 1 saturated heterocycles. The van der Waals surface area contributed by atoms with Crippen LogP contribution >= 0.6 is 0 Å². The van der Waals surface area contributed by atoms with E-state index in [9.17, 15) is 9.59 Å². The molecule has 26 heavy (non-hydrogen) atoms. The van der Waals surface area contributed by atoms with Gasteiger partial charge in [0.25, 0.3) is 5.91 Å². The van der Waals surface area contributed by atoms with Crippen LogP contribution in [0.15, 0.2) is 36.4 Å². The number of carbonyl (C=O) groups excluding carboxylic acids is 1. The number of nitrogens with one attached hydrogen (secondary N) is 1. The molecule has 7 nitrogen and oxygen atoms in total. The van der Waals surface area contributed by atoms with Gasteiger partial charge in [-0.3, -0.25) is 4.79 Å². The fourth-order valence-electron chi connectivity index (χ4n) is 2.68. The summed E-state index contributed by atoms with van der Waals surface area (Å²) in [6.07, 6.45) is 2.05. The van der Waals surface area contributed by atoms with Crippen molar-refractivity contribution in [1.29, 1.82) is 0 Å². The molecule has 1 aliphatic heterocycles. The Bertz CT molecular complexity index is 815. The molecule has 1 atom stereocenters. The Kier molecular flexibility index (Phi) is 5.48. The van der Waals surface area contributed by atoms with Gasteiger partial charge in [0.2, 0.25) is 0 Å². The third-order valence-corrected chi connectivity index (χ3v) is 4.03. The molecule has 136 valence electrons. The molecule has 0 aliphatic carbocycles. The largest absolute Gasteiger partial charge is 0.489 e. The van der Waals surface area contributed by atoms with Crippen LogP contribution < -0.4 is 10.1 Å². The van der Waals surface area contributed by atoms with Crippen molar-refractivity contribution in [3.63, 3.8) is 0 Å². The van der Waals surface area contributed by atoms with Crippen molar-refractivity contribution in [2.24, 2.45) is 0 Å². The third-order valence-electron chi connectivity index (χ3n) is 4.03. The van der Waals surface area contributed by atoms with Crippen LogP contribution in [0.25, 0.3) is 0 Å². The summed E-state index contributed by atoms with van der Waals surface area (Å²) in [5.74, 6) is -1.14. The molecule has 0 spiro atoms. The highest BCUT2D eigenvalue weighted by atomic mass is 16.5. The van der Waals surface area contributed by atoms with Crippen molar-refractivity contribution in [2.75, 3.05) is 18.5 Å². The van der Waals surface area contributed by atoms with Gasteiger partial charge in [0, 0.05) is 6.61 Å². The molecule has 1 aromatic heterocycles. The molecular formula is C19H20N2O5. The second-order valence-corrected chi connectivity index (χ2v) is 6.11. The van der Waals surface area contributed by atoms with Gasteiger partial charge in [-0.05, 0) is 49.6 Å². The van der Waals surface area contributed by atoms with Gasteiger partial charge in [-0.2, -0.15) is 0 Å². The van der Waals surface area contributed by atoms with Gasteiger partial charge in [-0.15, -0.1) is 0 Å². The number of carboxylic acid groups (broad SMARTS) is 1. The average molecular weight is 356 g/mol. The lowest BCUT2D eigenvalue weighted by Gasteiger charge is -2.16. The standard InChI is InChI=1S/C19H20N2O5/c1-12-7-8-14(17(10-12)26-11-13-4-3-9-25-13)21-18(22)15-5-2-6-16(20-15)19(23)24/h2,5-8,10,13H,3-4,9,11H2,1H3,(H,21,22)(H,23,24). The maximum absolute atomic E-state index is 12.4. The molecule has 1 unspecified atom stereocenters. The highest BCUT2D eigenvalue weighted by Gasteiger charge is 2.18. The summed E-state index contributed by atoms with van der Waals surface area (Å²) in [5.41, 5.74) is 1.34. The number of rotatable bonds is 6. The van der Waals surface area contributed by atoms with E-state index in [1.54, 1.807) is 6.07 Å². The van der Waals surface area contributed by atoms with E-state index in [0.29, 0.717) is 18.0 Å². The van der Waals surface area contributed by atoms with Crippen LogP contribution in [0.4, 0.5) is 5.69 Å². The number of ether oxygens (including phenoxy) is 2. The summed E-state index contributed by atoms with van der Waals surface area (Å²) in [4.78, 5) is 27.3. The summed E-state index contributed by atoms with van der Waals surface area (Å²) in [6.45, 7) is 3.10. The number of carboxylic acids is 1. The minimum atomic E-state index is -1.18. The molecule has 1 aromatic carbocycles. The number of amides is 1. The molecule has 2 aromatic rings. The number of aryl methyl sites for hydroxylation is 1. The number of anilines is 1. The fraction of sp³-hybridized carbons (Fsp3) is 0.316. The SMILES string of the molecule is Cc1ccc(NC(=O)c2cccc(C(=O)O)n2)c(OCC2CCCO2)c1. The average Bonchev–Trinajstić information content (AvgIpc) is 3.15. The molecule has 3 rings (SSSR count). The number of pyridine rings is 1. The van der Waals surface area contributed by atoms with Crippen LogP contribution in [0.3, 0.4) is 0 Å². The summed E-state index contributed by atoms with van der Waals surface area (Å²) in [6, 6.07) is 9.72. The second-order valence-electron chi connectivity index (χ2n) is 6.11. The highest BCUT2D eigenvalue weighted by Crippen LogP contribution is 2.27. The van der Waals surface area contributed by atoms with Crippen molar-refractivity contribution in [1.82, 2.24) is 4.98 Å². The fourth-order valence-corrected chi connectivity index (χ4v) is 2.68. The first-order valence-corrected chi connectivity index (χ1v) is 8.39. The van der Waals surface area contributed by atoms with E-state index in [1.165, 1.54) is 18.2 Å². The van der Waals surface area contributed by atoms with Crippen LogP contribution in [0.5, 0.6) is 5.75 Å². The third kappa shape index (κ3) is 4.37. The van der Waals surface area contributed by atoms with Crippen molar-refractivity contribution < 1.29 is 24.2 Å². The van der Waals surface area contributed by atoms with Gasteiger partial charge in [0.15, 0.2) is 0 Å². The number of benzene rings is 1. The minimum absolute atomic E-state index is 0.0237. The van der Waals surface area contributed by atoms with E-state index in [4.69, 9.17) is 14.6 Å². The molecule has 0 saturated carbocycles. The Morgan fingerprint density at radius 2 is 2.12 bits per heavy atom. The van der Waals surface area contributed by atoms with Gasteiger partial charge in [-0.25, -0.2) is 9.78 Å². The Morgan fingerprint density at radius 1 is 1.31 bits per heavy atom. The first kappa shape index (κ1) is 17.9. The lowest BCUT2D eigenvalue weighted by Crippen LogP contribution is -2.19. The summed E-state index contributed by atoms with van der Waals surface area (Å²) in [5, 5.41) is 11.7. The van der Waals surface area contributed by atoms with Gasteiger partial charge >= 0.3 is 5.97 Å². The quantitative estimate of drug-likeness (QED) is 0.826. The maximum Gasteiger partial charge on any atom is 0.354 e. The predicted octanol–water partition coefficient (Wildman–Crippen LogP) is 2.90. The molecule has 1 amide bonds. The van der Waals surface area contributed by atoms with E-state index in [0.717, 1.165) is 25.0 Å². The first-order chi connectivity index (χ1) is 12.5. The molecule has 1 aliphatic rings. The first-order valence-electron chi connectivity index (χ1n) is 8.39. The van der Waals surface area contributed by atoms with Crippen LogP contribution in [0, 0.1) is 6.92 Å². The Morgan fingerprint density at radius 3 is 2.85 bits per heavy atom. The molecule has 1 fully saturated rings. The number of aromatic nitrogens is 1. The number of nitrogens with zero attached hydrogens (tertiary/aromatic N) is 1. The Balaban J connectivity index is 1.74. The van der Waals surface area contributed by atoms with E-state index in [-0.39, 0.29) is 17.5 Å². The molecule has 2 N–H and O–H groups in total. The smallest absolute Gasteiger partial charge is 0.354 e. The van der Waals surface area contributed by atoms with E-state index >= 15 is 0 Å². The molecule has 7 heteroatoms. The molecule has 0 bridgehead atoms. The number of aromatic carboxylic acids is 1. The zero-order valence-corrected chi connectivity index (χ0v) is 14.4. The van der Waals surface area contributed by atoms with Gasteiger partial charge in [0.1, 0.15) is 23.7 Å². The Hall–Kier alpha value is -2.93. The van der Waals surface area contributed by atoms with Crippen LogP contribution in [0.1, 0.15) is 39.4 Å². The van der Waals surface area contributed by atoms with Crippen LogP contribution in [-0.2, 0) is 4.74 Å². The Labute approximate surface area is 151 Å². The summed E-state index contributed by atoms with van der Waals surface area (Å²) < 4.78 is 11.4. The van der Waals surface area contributed by atoms with Gasteiger partial charge < -0.3 is 19.9 Å². The molecular weight excluding hydrogens is 336 g/mol. The van der Waals surface area contributed by atoms with Crippen molar-refractivity contribution in [3.05, 3.63) is 53.3 Å². The zero-order chi connectivity index (χ0) is 18.5. The van der Waals surface area contributed by atoms with E-state index < -0.39 is 11.9 Å². The van der Waals surface area contributed by atoms with Crippen molar-refractivity contribution in [2.45, 2.75) is 25.9 Å². The number of hydrogen-bond donors (Lipinski definition) is 2. The molecule has 0 radical (unpaired) electrons. The van der Waals surface area contributed by atoms with E-state index in [1.807, 2.05) is 19.1 Å². The topological polar surface area (TPSA) is 97.8 Å². The lowest BCUT2D eigenvalue weighted by atomic mass is 10.2. The summed E-state index contributed by atoms with van der Waals surface area (Å²) in [7, 11) is 0. The van der Waals surface area contributed by atoms with Gasteiger partial charge in [-0.1, -0.05) is 12.1 Å². The predicted molar refractivity (Wildman–Crippen MR) is 94.8 cm³/mol. The monoisotopic (exact) mass is 356 g/mol. The second kappa shape index (κ2) is 7.97. The summed E-state index contributed by atoms with van der Waals surface area (Å²) >= 11 is 0. The van der Waals surface area contributed by atoms with Crippen molar-refractivity contribution in [3.8, 4) is 5.75 Å².